The molecule has 1 aromatic carbocycles. The average Bonchev–Trinajstić information content (AvgIpc) is 2.27. The summed E-state index contributed by atoms with van der Waals surface area (Å²) in [5.41, 5.74) is 7.61. The van der Waals surface area contributed by atoms with E-state index in [-0.39, 0.29) is 12.4 Å². The molecular weight excluding hydrogens is 195 g/mol. The molecule has 0 unspecified atom stereocenters. The predicted octanol–water partition coefficient (Wildman–Crippen LogP) is 2.31. The van der Waals surface area contributed by atoms with E-state index in [9.17, 15) is 0 Å². The van der Waals surface area contributed by atoms with Crippen LogP contribution in [0.3, 0.4) is 0 Å². The van der Waals surface area contributed by atoms with Crippen LogP contribution in [0.25, 0.3) is 0 Å². The van der Waals surface area contributed by atoms with Gasteiger partial charge < -0.3 is 5.73 Å². The molecule has 1 aliphatic heterocycles. The lowest BCUT2D eigenvalue weighted by Crippen LogP contribution is -2.09. The van der Waals surface area contributed by atoms with Gasteiger partial charge in [-0.25, -0.2) is 4.99 Å². The highest BCUT2D eigenvalue weighted by molar-refractivity contribution is 6.30. The number of hydrogen-bond acceptors (Lipinski definition) is 2. The molecule has 64 valence electrons. The summed E-state index contributed by atoms with van der Waals surface area (Å²) in [5.74, 6) is 0.669. The normalized spacial score (nSPS) is 13.2. The molecule has 2 nitrogen and oxygen atoms in total. The molecule has 2 N–H and O–H groups in total. The van der Waals surface area contributed by atoms with Crippen LogP contribution in [0.2, 0.25) is 5.02 Å². The Hall–Kier alpha value is -0.730. The van der Waals surface area contributed by atoms with Crippen LogP contribution in [0.15, 0.2) is 23.2 Å². The molecule has 0 bridgehead atoms. The van der Waals surface area contributed by atoms with Gasteiger partial charge in [-0.15, -0.1) is 12.4 Å². The van der Waals surface area contributed by atoms with Crippen LogP contribution in [0, 0.1) is 0 Å². The Bertz CT molecular complexity index is 334. The van der Waals surface area contributed by atoms with E-state index in [4.69, 9.17) is 17.3 Å². The maximum Gasteiger partial charge on any atom is 0.104 e. The van der Waals surface area contributed by atoms with Crippen LogP contribution in [0.1, 0.15) is 5.56 Å². The summed E-state index contributed by atoms with van der Waals surface area (Å²) >= 11 is 5.78. The SMILES string of the molecule is Cl.NC1=Nc2ccc(Cl)cc2C1. The number of aliphatic imine (C=N–C) groups is 1. The number of amidine groups is 1. The van der Waals surface area contributed by atoms with E-state index in [0.717, 1.165) is 22.7 Å². The van der Waals surface area contributed by atoms with Gasteiger partial charge >= 0.3 is 0 Å². The maximum absolute atomic E-state index is 5.78. The molecule has 0 saturated carbocycles. The first-order valence-corrected chi connectivity index (χ1v) is 3.75. The molecule has 1 heterocycles. The molecule has 1 aliphatic rings. The Kier molecular flexibility index (Phi) is 2.60. The molecule has 0 saturated heterocycles. The van der Waals surface area contributed by atoms with E-state index in [0.29, 0.717) is 5.84 Å². The zero-order chi connectivity index (χ0) is 7.84. The fraction of sp³-hybridized carbons (Fsp3) is 0.125. The Morgan fingerprint density at radius 2 is 2.17 bits per heavy atom. The van der Waals surface area contributed by atoms with Crippen molar-refractivity contribution in [2.75, 3.05) is 0 Å². The van der Waals surface area contributed by atoms with E-state index in [1.165, 1.54) is 0 Å². The molecule has 0 spiro atoms. The molecule has 0 fully saturated rings. The van der Waals surface area contributed by atoms with Gasteiger partial charge in [-0.2, -0.15) is 0 Å². The molecule has 2 rings (SSSR count). The summed E-state index contributed by atoms with van der Waals surface area (Å²) in [6.07, 6.45) is 0.732. The highest BCUT2D eigenvalue weighted by Gasteiger charge is 2.11. The van der Waals surface area contributed by atoms with Gasteiger partial charge in [0.25, 0.3) is 0 Å². The average molecular weight is 203 g/mol. The molecule has 4 heteroatoms. The lowest BCUT2D eigenvalue weighted by molar-refractivity contribution is 1.37. The van der Waals surface area contributed by atoms with Crippen molar-refractivity contribution in [2.45, 2.75) is 6.42 Å². The minimum absolute atomic E-state index is 0. The van der Waals surface area contributed by atoms with Crippen molar-refractivity contribution in [3.63, 3.8) is 0 Å². The van der Waals surface area contributed by atoms with Crippen LogP contribution in [0.5, 0.6) is 0 Å². The summed E-state index contributed by atoms with van der Waals surface area (Å²) in [4.78, 5) is 4.13. The van der Waals surface area contributed by atoms with E-state index < -0.39 is 0 Å². The van der Waals surface area contributed by atoms with Crippen LogP contribution >= 0.6 is 24.0 Å². The van der Waals surface area contributed by atoms with Crippen molar-refractivity contribution < 1.29 is 0 Å². The van der Waals surface area contributed by atoms with Crippen molar-refractivity contribution in [2.24, 2.45) is 10.7 Å². The number of fused-ring (bicyclic) bond motifs is 1. The summed E-state index contributed by atoms with van der Waals surface area (Å²) in [6.45, 7) is 0. The summed E-state index contributed by atoms with van der Waals surface area (Å²) in [6, 6.07) is 5.61. The third-order valence-electron chi connectivity index (χ3n) is 1.68. The molecular formula is C8H8Cl2N2. The van der Waals surface area contributed by atoms with Crippen LogP contribution in [-0.4, -0.2) is 5.84 Å². The zero-order valence-corrected chi connectivity index (χ0v) is 7.82. The number of hydrogen-bond donors (Lipinski definition) is 1. The summed E-state index contributed by atoms with van der Waals surface area (Å²) in [5, 5.41) is 0.744. The summed E-state index contributed by atoms with van der Waals surface area (Å²) in [7, 11) is 0. The standard InChI is InChI=1S/C8H7ClN2.ClH/c9-6-1-2-7-5(3-6)4-8(10)11-7;/h1-3H,4H2,(H2,10,11);1H. The van der Waals surface area contributed by atoms with Gasteiger partial charge in [0.15, 0.2) is 0 Å². The second kappa shape index (κ2) is 3.33. The fourth-order valence-corrected chi connectivity index (χ4v) is 1.39. The molecule has 0 aromatic heterocycles. The van der Waals surface area contributed by atoms with Gasteiger partial charge in [0.05, 0.1) is 5.69 Å². The van der Waals surface area contributed by atoms with Crippen molar-refractivity contribution in [3.8, 4) is 0 Å². The molecule has 0 aliphatic carbocycles. The van der Waals surface area contributed by atoms with Gasteiger partial charge in [-0.1, -0.05) is 11.6 Å². The smallest absolute Gasteiger partial charge is 0.104 e. The van der Waals surface area contributed by atoms with Gasteiger partial charge in [0, 0.05) is 11.4 Å². The lowest BCUT2D eigenvalue weighted by Gasteiger charge is -1.95. The minimum Gasteiger partial charge on any atom is -0.387 e. The Morgan fingerprint density at radius 3 is 2.92 bits per heavy atom. The minimum atomic E-state index is 0. The van der Waals surface area contributed by atoms with Crippen LogP contribution in [0.4, 0.5) is 5.69 Å². The molecule has 12 heavy (non-hydrogen) atoms. The lowest BCUT2D eigenvalue weighted by atomic mass is 10.1. The number of rotatable bonds is 0. The fourth-order valence-electron chi connectivity index (χ4n) is 1.19. The van der Waals surface area contributed by atoms with E-state index in [1.54, 1.807) is 0 Å². The summed E-state index contributed by atoms with van der Waals surface area (Å²) < 4.78 is 0. The topological polar surface area (TPSA) is 38.4 Å². The highest BCUT2D eigenvalue weighted by atomic mass is 35.5. The van der Waals surface area contributed by atoms with Gasteiger partial charge in [0.2, 0.25) is 0 Å². The Balaban J connectivity index is 0.000000720. The number of benzene rings is 1. The quantitative estimate of drug-likeness (QED) is 0.690. The van der Waals surface area contributed by atoms with Crippen LogP contribution in [-0.2, 0) is 6.42 Å². The Morgan fingerprint density at radius 1 is 1.42 bits per heavy atom. The van der Waals surface area contributed by atoms with E-state index in [1.807, 2.05) is 18.2 Å². The largest absolute Gasteiger partial charge is 0.387 e. The first-order chi connectivity index (χ1) is 5.25. The number of nitrogens with two attached hydrogens (primary N) is 1. The first kappa shape index (κ1) is 9.36. The van der Waals surface area contributed by atoms with Gasteiger partial charge in [-0.05, 0) is 23.8 Å². The molecule has 1 aromatic rings. The molecule has 0 radical (unpaired) electrons. The highest BCUT2D eigenvalue weighted by Crippen LogP contribution is 2.27. The third kappa shape index (κ3) is 1.54. The van der Waals surface area contributed by atoms with Gasteiger partial charge in [0.1, 0.15) is 5.84 Å². The Labute approximate surface area is 81.8 Å². The molecule has 0 amide bonds. The zero-order valence-electron chi connectivity index (χ0n) is 6.25. The van der Waals surface area contributed by atoms with Crippen molar-refractivity contribution >= 4 is 35.5 Å². The number of halogens is 2. The van der Waals surface area contributed by atoms with Crippen molar-refractivity contribution in [3.05, 3.63) is 28.8 Å². The van der Waals surface area contributed by atoms with Crippen molar-refractivity contribution in [1.29, 1.82) is 0 Å². The third-order valence-corrected chi connectivity index (χ3v) is 1.91. The number of nitrogens with zero attached hydrogens (tertiary/aromatic N) is 1. The monoisotopic (exact) mass is 202 g/mol. The second-order valence-corrected chi connectivity index (χ2v) is 2.99. The van der Waals surface area contributed by atoms with Gasteiger partial charge in [-0.3, -0.25) is 0 Å². The van der Waals surface area contributed by atoms with E-state index >= 15 is 0 Å². The van der Waals surface area contributed by atoms with Crippen molar-refractivity contribution in [1.82, 2.24) is 0 Å². The van der Waals surface area contributed by atoms with E-state index in [2.05, 4.69) is 4.99 Å². The molecule has 0 atom stereocenters. The first-order valence-electron chi connectivity index (χ1n) is 3.37. The second-order valence-electron chi connectivity index (χ2n) is 2.55. The van der Waals surface area contributed by atoms with Crippen LogP contribution < -0.4 is 5.73 Å². The predicted molar refractivity (Wildman–Crippen MR) is 53.7 cm³/mol. The maximum atomic E-state index is 5.78.